The summed E-state index contributed by atoms with van der Waals surface area (Å²) in [6, 6.07) is 3.71. The molecule has 0 saturated carbocycles. The number of Topliss-reactive ketones (excluding diaryl/α,β-unsaturated/α-hetero) is 1. The van der Waals surface area contributed by atoms with Gasteiger partial charge in [0.15, 0.2) is 12.1 Å². The SMILES string of the molecule is CC1(C)CCN(CCCC(=O)C=O)N1C(=O)CCC#Cc1cccnc1. The molecule has 138 valence electrons. The normalized spacial score (nSPS) is 16.0. The molecule has 0 N–H and O–H groups in total. The molecule has 1 fully saturated rings. The number of hydrazine groups is 1. The van der Waals surface area contributed by atoms with Crippen LogP contribution in [0.25, 0.3) is 0 Å². The van der Waals surface area contributed by atoms with Crippen molar-refractivity contribution in [2.75, 3.05) is 13.1 Å². The molecule has 0 atom stereocenters. The molecule has 6 nitrogen and oxygen atoms in total. The Bertz CT molecular complexity index is 704. The van der Waals surface area contributed by atoms with E-state index < -0.39 is 5.78 Å². The number of carbonyl (C=O) groups is 3. The standard InChI is InChI=1S/C20H25N3O3/c1-20(2)11-14-22(13-6-9-18(25)16-24)23(20)19(26)10-4-3-7-17-8-5-12-21-15-17/h5,8,12,15-16H,4,6,9-11,13-14H2,1-2H3. The molecule has 26 heavy (non-hydrogen) atoms. The number of pyridine rings is 1. The molecular weight excluding hydrogens is 330 g/mol. The van der Waals surface area contributed by atoms with Crippen molar-refractivity contribution < 1.29 is 14.4 Å². The topological polar surface area (TPSA) is 70.6 Å². The van der Waals surface area contributed by atoms with E-state index in [1.54, 1.807) is 12.4 Å². The van der Waals surface area contributed by atoms with Crippen molar-refractivity contribution in [3.8, 4) is 11.8 Å². The van der Waals surface area contributed by atoms with E-state index in [-0.39, 0.29) is 17.9 Å². The van der Waals surface area contributed by atoms with Gasteiger partial charge in [0.25, 0.3) is 0 Å². The summed E-state index contributed by atoms with van der Waals surface area (Å²) in [4.78, 5) is 38.3. The molecule has 1 aliphatic heterocycles. The molecule has 1 amide bonds. The van der Waals surface area contributed by atoms with Crippen LogP contribution in [0.15, 0.2) is 24.5 Å². The Labute approximate surface area is 154 Å². The monoisotopic (exact) mass is 355 g/mol. The molecule has 0 unspecified atom stereocenters. The summed E-state index contributed by atoms with van der Waals surface area (Å²) in [7, 11) is 0. The summed E-state index contributed by atoms with van der Waals surface area (Å²) in [5, 5.41) is 3.80. The fourth-order valence-corrected chi connectivity index (χ4v) is 3.07. The molecule has 0 spiro atoms. The Morgan fingerprint density at radius 1 is 1.35 bits per heavy atom. The second kappa shape index (κ2) is 9.25. The number of ketones is 1. The largest absolute Gasteiger partial charge is 0.295 e. The average Bonchev–Trinajstić information content (AvgIpc) is 2.93. The third-order valence-corrected chi connectivity index (χ3v) is 4.40. The van der Waals surface area contributed by atoms with E-state index in [0.717, 1.165) is 18.5 Å². The van der Waals surface area contributed by atoms with Crippen molar-refractivity contribution in [2.24, 2.45) is 0 Å². The summed E-state index contributed by atoms with van der Waals surface area (Å²) in [5.74, 6) is 5.67. The van der Waals surface area contributed by atoms with Gasteiger partial charge >= 0.3 is 0 Å². The van der Waals surface area contributed by atoms with Crippen LogP contribution in [0, 0.1) is 11.8 Å². The fraction of sp³-hybridized carbons (Fsp3) is 0.500. The minimum atomic E-state index is -0.396. The molecule has 2 heterocycles. The van der Waals surface area contributed by atoms with Crippen LogP contribution in [0.3, 0.4) is 0 Å². The van der Waals surface area contributed by atoms with Crippen LogP contribution < -0.4 is 0 Å². The summed E-state index contributed by atoms with van der Waals surface area (Å²) in [6.07, 6.45) is 6.25. The maximum Gasteiger partial charge on any atom is 0.238 e. The zero-order valence-corrected chi connectivity index (χ0v) is 15.4. The number of hydrogen-bond acceptors (Lipinski definition) is 5. The average molecular weight is 355 g/mol. The van der Waals surface area contributed by atoms with Crippen molar-refractivity contribution in [3.63, 3.8) is 0 Å². The van der Waals surface area contributed by atoms with Gasteiger partial charge in [-0.2, -0.15) is 0 Å². The fourth-order valence-electron chi connectivity index (χ4n) is 3.07. The molecule has 1 aromatic rings. The van der Waals surface area contributed by atoms with Crippen LogP contribution >= 0.6 is 0 Å². The lowest BCUT2D eigenvalue weighted by Gasteiger charge is -2.37. The van der Waals surface area contributed by atoms with Gasteiger partial charge in [0.1, 0.15) is 0 Å². The Hall–Kier alpha value is -2.52. The lowest BCUT2D eigenvalue weighted by molar-refractivity contribution is -0.152. The highest BCUT2D eigenvalue weighted by Gasteiger charge is 2.40. The molecule has 0 aromatic carbocycles. The van der Waals surface area contributed by atoms with Gasteiger partial charge < -0.3 is 0 Å². The summed E-state index contributed by atoms with van der Waals surface area (Å²) < 4.78 is 0. The lowest BCUT2D eigenvalue weighted by Crippen LogP contribution is -2.50. The van der Waals surface area contributed by atoms with E-state index in [4.69, 9.17) is 0 Å². The Morgan fingerprint density at radius 2 is 2.15 bits per heavy atom. The van der Waals surface area contributed by atoms with Crippen LogP contribution in [-0.4, -0.2) is 51.6 Å². The highest BCUT2D eigenvalue weighted by Crippen LogP contribution is 2.30. The summed E-state index contributed by atoms with van der Waals surface area (Å²) in [6.45, 7) is 5.46. The van der Waals surface area contributed by atoms with Crippen LogP contribution in [0.1, 0.15) is 51.5 Å². The van der Waals surface area contributed by atoms with Crippen LogP contribution in [0.2, 0.25) is 0 Å². The van der Waals surface area contributed by atoms with E-state index in [1.165, 1.54) is 0 Å². The number of aromatic nitrogens is 1. The molecule has 2 rings (SSSR count). The second-order valence-electron chi connectivity index (χ2n) is 6.95. The Kier molecular flexibility index (Phi) is 7.05. The number of aldehydes is 1. The third-order valence-electron chi connectivity index (χ3n) is 4.40. The van der Waals surface area contributed by atoms with Crippen molar-refractivity contribution >= 4 is 18.0 Å². The first-order chi connectivity index (χ1) is 12.4. The maximum atomic E-state index is 12.7. The number of amides is 1. The van der Waals surface area contributed by atoms with Crippen molar-refractivity contribution in [1.82, 2.24) is 15.0 Å². The van der Waals surface area contributed by atoms with Gasteiger partial charge in [-0.05, 0) is 38.8 Å². The first kappa shape index (κ1) is 19.8. The Morgan fingerprint density at radius 3 is 2.85 bits per heavy atom. The third kappa shape index (κ3) is 5.50. The first-order valence-electron chi connectivity index (χ1n) is 8.89. The predicted octanol–water partition coefficient (Wildman–Crippen LogP) is 1.99. The molecular formula is C20H25N3O3. The minimum Gasteiger partial charge on any atom is -0.295 e. The molecule has 0 bridgehead atoms. The number of nitrogens with zero attached hydrogens (tertiary/aromatic N) is 3. The second-order valence-corrected chi connectivity index (χ2v) is 6.95. The highest BCUT2D eigenvalue weighted by atomic mass is 16.2. The van der Waals surface area contributed by atoms with E-state index >= 15 is 0 Å². The van der Waals surface area contributed by atoms with E-state index in [9.17, 15) is 14.4 Å². The lowest BCUT2D eigenvalue weighted by atomic mass is 10.0. The number of rotatable bonds is 7. The van der Waals surface area contributed by atoms with Crippen molar-refractivity contribution in [1.29, 1.82) is 0 Å². The quantitative estimate of drug-likeness (QED) is 0.425. The van der Waals surface area contributed by atoms with Crippen LogP contribution in [-0.2, 0) is 14.4 Å². The van der Waals surface area contributed by atoms with Gasteiger partial charge in [-0.15, -0.1) is 0 Å². The number of hydrogen-bond donors (Lipinski definition) is 0. The Balaban J connectivity index is 1.89. The molecule has 1 aliphatic rings. The van der Waals surface area contributed by atoms with Crippen molar-refractivity contribution in [3.05, 3.63) is 30.1 Å². The minimum absolute atomic E-state index is 0.0368. The van der Waals surface area contributed by atoms with Gasteiger partial charge in [-0.1, -0.05) is 11.8 Å². The maximum absolute atomic E-state index is 12.7. The molecule has 1 saturated heterocycles. The molecule has 0 radical (unpaired) electrons. The zero-order valence-electron chi connectivity index (χ0n) is 15.4. The van der Waals surface area contributed by atoms with E-state index in [0.29, 0.717) is 32.1 Å². The van der Waals surface area contributed by atoms with Crippen LogP contribution in [0.4, 0.5) is 0 Å². The highest BCUT2D eigenvalue weighted by molar-refractivity contribution is 6.24. The van der Waals surface area contributed by atoms with Crippen LogP contribution in [0.5, 0.6) is 0 Å². The van der Waals surface area contributed by atoms with Crippen molar-refractivity contribution in [2.45, 2.75) is 51.5 Å². The molecule has 6 heteroatoms. The zero-order chi connectivity index (χ0) is 19.0. The number of carbonyl (C=O) groups excluding carboxylic acids is 3. The molecule has 0 aliphatic carbocycles. The summed E-state index contributed by atoms with van der Waals surface area (Å²) in [5.41, 5.74) is 0.589. The van der Waals surface area contributed by atoms with E-state index in [1.807, 2.05) is 36.0 Å². The van der Waals surface area contributed by atoms with Gasteiger partial charge in [-0.25, -0.2) is 5.01 Å². The smallest absolute Gasteiger partial charge is 0.238 e. The van der Waals surface area contributed by atoms with E-state index in [2.05, 4.69) is 16.8 Å². The molecule has 1 aromatic heterocycles. The van der Waals surface area contributed by atoms with Gasteiger partial charge in [0.05, 0.1) is 5.54 Å². The first-order valence-corrected chi connectivity index (χ1v) is 8.89. The van der Waals surface area contributed by atoms with Gasteiger partial charge in [0, 0.05) is 50.3 Å². The summed E-state index contributed by atoms with van der Waals surface area (Å²) >= 11 is 0. The van der Waals surface area contributed by atoms with Gasteiger partial charge in [0.2, 0.25) is 5.91 Å². The van der Waals surface area contributed by atoms with Gasteiger partial charge in [-0.3, -0.25) is 24.4 Å². The predicted molar refractivity (Wildman–Crippen MR) is 97.8 cm³/mol.